The Kier molecular flexibility index (Phi) is 6.07. The Balaban J connectivity index is 1.31. The SMILES string of the molecule is O=C(c1cnccn1)N1CC(=O)N2[C@H](CO)[C@H](c3ccc(C#CCc4ccccc4)cc3)[C@H]2C1. The molecule has 2 aliphatic rings. The van der Waals surface area contributed by atoms with E-state index in [4.69, 9.17) is 0 Å². The lowest BCUT2D eigenvalue weighted by molar-refractivity contribution is -0.159. The molecule has 2 aromatic carbocycles. The monoisotopic (exact) mass is 452 g/mol. The largest absolute Gasteiger partial charge is 0.394 e. The minimum atomic E-state index is -0.309. The van der Waals surface area contributed by atoms with Crippen molar-refractivity contribution in [2.75, 3.05) is 19.7 Å². The average molecular weight is 453 g/mol. The first-order valence-corrected chi connectivity index (χ1v) is 11.3. The zero-order chi connectivity index (χ0) is 23.5. The fraction of sp³-hybridized carbons (Fsp3) is 0.259. The van der Waals surface area contributed by atoms with E-state index < -0.39 is 0 Å². The smallest absolute Gasteiger partial charge is 0.274 e. The molecule has 0 aliphatic carbocycles. The van der Waals surface area contributed by atoms with Crippen LogP contribution in [0, 0.1) is 11.8 Å². The van der Waals surface area contributed by atoms with Gasteiger partial charge in [0.1, 0.15) is 12.2 Å². The maximum atomic E-state index is 12.9. The van der Waals surface area contributed by atoms with Crippen molar-refractivity contribution < 1.29 is 14.7 Å². The third-order valence-corrected chi connectivity index (χ3v) is 6.49. The van der Waals surface area contributed by atoms with Crippen LogP contribution < -0.4 is 0 Å². The van der Waals surface area contributed by atoms with Crippen molar-refractivity contribution in [3.05, 3.63) is 95.6 Å². The number of aromatic nitrogens is 2. The standard InChI is InChI=1S/C27H24N4O3/c32-18-24-26(21-11-9-20(10-12-21)8-4-7-19-5-2-1-3-6-19)23-16-30(17-25(33)31(23)24)27(34)22-15-28-13-14-29-22/h1-3,5-6,9-15,23-24,26,32H,7,16-18H2/t23-,24-,26-/m1/s1. The van der Waals surface area contributed by atoms with Crippen LogP contribution in [0.5, 0.6) is 0 Å². The second-order valence-corrected chi connectivity index (χ2v) is 8.51. The van der Waals surface area contributed by atoms with Crippen LogP contribution in [0.4, 0.5) is 0 Å². The van der Waals surface area contributed by atoms with Gasteiger partial charge in [0.05, 0.1) is 24.9 Å². The van der Waals surface area contributed by atoms with Gasteiger partial charge in [0.15, 0.2) is 0 Å². The maximum Gasteiger partial charge on any atom is 0.274 e. The van der Waals surface area contributed by atoms with Crippen LogP contribution in [0.3, 0.4) is 0 Å². The van der Waals surface area contributed by atoms with Gasteiger partial charge in [0.25, 0.3) is 5.91 Å². The molecule has 2 saturated heterocycles. The summed E-state index contributed by atoms with van der Waals surface area (Å²) < 4.78 is 0. The number of rotatable bonds is 4. The Morgan fingerprint density at radius 1 is 1.09 bits per heavy atom. The topological polar surface area (TPSA) is 86.6 Å². The Morgan fingerprint density at radius 3 is 2.59 bits per heavy atom. The lowest BCUT2D eigenvalue weighted by atomic mass is 9.73. The van der Waals surface area contributed by atoms with Gasteiger partial charge < -0.3 is 14.9 Å². The summed E-state index contributed by atoms with van der Waals surface area (Å²) in [5.74, 6) is 5.87. The molecule has 170 valence electrons. The molecule has 0 spiro atoms. The summed E-state index contributed by atoms with van der Waals surface area (Å²) in [5, 5.41) is 9.99. The lowest BCUT2D eigenvalue weighted by Crippen LogP contribution is -2.73. The van der Waals surface area contributed by atoms with E-state index in [0.29, 0.717) is 13.0 Å². The van der Waals surface area contributed by atoms with Gasteiger partial charge in [-0.15, -0.1) is 0 Å². The third kappa shape index (κ3) is 4.16. The van der Waals surface area contributed by atoms with Gasteiger partial charge in [0, 0.05) is 36.8 Å². The number of hydrogen-bond acceptors (Lipinski definition) is 5. The highest BCUT2D eigenvalue weighted by molar-refractivity contribution is 5.96. The highest BCUT2D eigenvalue weighted by atomic mass is 16.3. The molecule has 1 aromatic heterocycles. The lowest BCUT2D eigenvalue weighted by Gasteiger charge is -2.58. The van der Waals surface area contributed by atoms with E-state index in [9.17, 15) is 14.7 Å². The summed E-state index contributed by atoms with van der Waals surface area (Å²) in [5.41, 5.74) is 3.33. The molecule has 0 unspecified atom stereocenters. The van der Waals surface area contributed by atoms with Crippen molar-refractivity contribution in [3.8, 4) is 11.8 Å². The molecular weight excluding hydrogens is 428 g/mol. The van der Waals surface area contributed by atoms with Crippen LogP contribution in [0.1, 0.15) is 33.1 Å². The zero-order valence-corrected chi connectivity index (χ0v) is 18.5. The average Bonchev–Trinajstić information content (AvgIpc) is 2.87. The number of amides is 2. The van der Waals surface area contributed by atoms with Crippen molar-refractivity contribution in [1.29, 1.82) is 0 Å². The highest BCUT2D eigenvalue weighted by Crippen LogP contribution is 2.43. The summed E-state index contributed by atoms with van der Waals surface area (Å²) in [6.07, 6.45) is 5.06. The summed E-state index contributed by atoms with van der Waals surface area (Å²) >= 11 is 0. The minimum Gasteiger partial charge on any atom is -0.394 e. The molecule has 2 aliphatic heterocycles. The van der Waals surface area contributed by atoms with Gasteiger partial charge in [-0.25, -0.2) is 4.98 Å². The van der Waals surface area contributed by atoms with Crippen molar-refractivity contribution >= 4 is 11.8 Å². The van der Waals surface area contributed by atoms with E-state index in [1.807, 2.05) is 42.5 Å². The molecule has 3 aromatic rings. The molecule has 0 radical (unpaired) electrons. The van der Waals surface area contributed by atoms with E-state index >= 15 is 0 Å². The van der Waals surface area contributed by atoms with Crippen molar-refractivity contribution in [2.24, 2.45) is 0 Å². The Morgan fingerprint density at radius 2 is 1.88 bits per heavy atom. The quantitative estimate of drug-likeness (QED) is 0.611. The maximum absolute atomic E-state index is 12.9. The van der Waals surface area contributed by atoms with E-state index in [1.54, 1.807) is 4.90 Å². The molecule has 2 fully saturated rings. The number of nitrogens with zero attached hydrogens (tertiary/aromatic N) is 4. The third-order valence-electron chi connectivity index (χ3n) is 6.49. The van der Waals surface area contributed by atoms with Crippen LogP contribution in [-0.4, -0.2) is 68.5 Å². The van der Waals surface area contributed by atoms with Gasteiger partial charge in [-0.05, 0) is 23.3 Å². The molecule has 0 saturated carbocycles. The van der Waals surface area contributed by atoms with Crippen molar-refractivity contribution in [1.82, 2.24) is 19.8 Å². The molecule has 3 heterocycles. The van der Waals surface area contributed by atoms with Crippen LogP contribution >= 0.6 is 0 Å². The molecule has 34 heavy (non-hydrogen) atoms. The van der Waals surface area contributed by atoms with Crippen LogP contribution in [0.15, 0.2) is 73.2 Å². The minimum absolute atomic E-state index is 0.0227. The Bertz CT molecular complexity index is 1240. The number of aliphatic hydroxyl groups excluding tert-OH is 1. The molecule has 3 atom stereocenters. The van der Waals surface area contributed by atoms with Gasteiger partial charge in [-0.1, -0.05) is 54.3 Å². The Hall–Kier alpha value is -4.02. The van der Waals surface area contributed by atoms with Crippen LogP contribution in [-0.2, 0) is 11.2 Å². The predicted octanol–water partition coefficient (Wildman–Crippen LogP) is 1.88. The van der Waals surface area contributed by atoms with Gasteiger partial charge in [-0.2, -0.15) is 0 Å². The first-order chi connectivity index (χ1) is 16.7. The number of aliphatic hydroxyl groups is 1. The summed E-state index contributed by atoms with van der Waals surface area (Å²) in [7, 11) is 0. The number of benzene rings is 2. The van der Waals surface area contributed by atoms with Crippen molar-refractivity contribution in [2.45, 2.75) is 24.4 Å². The van der Waals surface area contributed by atoms with Gasteiger partial charge >= 0.3 is 0 Å². The molecular formula is C27H24N4O3. The highest BCUT2D eigenvalue weighted by Gasteiger charge is 2.54. The Labute approximate surface area is 198 Å². The molecule has 5 rings (SSSR count). The number of hydrogen-bond donors (Lipinski definition) is 1. The first kappa shape index (κ1) is 21.8. The number of piperazine rings is 1. The predicted molar refractivity (Wildman–Crippen MR) is 126 cm³/mol. The van der Waals surface area contributed by atoms with Gasteiger partial charge in [0.2, 0.25) is 5.91 Å². The summed E-state index contributed by atoms with van der Waals surface area (Å²) in [6.45, 7) is 0.246. The molecule has 2 amide bonds. The normalized spacial score (nSPS) is 21.2. The summed E-state index contributed by atoms with van der Waals surface area (Å²) in [6, 6.07) is 17.6. The fourth-order valence-electron chi connectivity index (χ4n) is 4.86. The number of fused-ring (bicyclic) bond motifs is 1. The van der Waals surface area contributed by atoms with E-state index in [0.717, 1.165) is 11.1 Å². The molecule has 1 N–H and O–H groups in total. The van der Waals surface area contributed by atoms with E-state index in [-0.39, 0.29) is 48.7 Å². The van der Waals surface area contributed by atoms with Crippen LogP contribution in [0.2, 0.25) is 0 Å². The molecule has 7 nitrogen and oxygen atoms in total. The van der Waals surface area contributed by atoms with Gasteiger partial charge in [-0.3, -0.25) is 14.6 Å². The number of carbonyl (C=O) groups excluding carboxylic acids is 2. The fourth-order valence-corrected chi connectivity index (χ4v) is 4.86. The second-order valence-electron chi connectivity index (χ2n) is 8.51. The van der Waals surface area contributed by atoms with E-state index in [2.05, 4.69) is 33.9 Å². The first-order valence-electron chi connectivity index (χ1n) is 11.3. The summed E-state index contributed by atoms with van der Waals surface area (Å²) in [4.78, 5) is 36.9. The van der Waals surface area contributed by atoms with Crippen LogP contribution in [0.25, 0.3) is 0 Å². The number of carbonyl (C=O) groups is 2. The molecule has 7 heteroatoms. The zero-order valence-electron chi connectivity index (χ0n) is 18.5. The second kappa shape index (κ2) is 9.46. The van der Waals surface area contributed by atoms with E-state index in [1.165, 1.54) is 29.1 Å². The van der Waals surface area contributed by atoms with Crippen molar-refractivity contribution in [3.63, 3.8) is 0 Å². The molecule has 0 bridgehead atoms.